The van der Waals surface area contributed by atoms with E-state index in [1.165, 1.54) is 6.07 Å². The summed E-state index contributed by atoms with van der Waals surface area (Å²) in [4.78, 5) is 10.6. The van der Waals surface area contributed by atoms with Crippen molar-refractivity contribution in [1.29, 1.82) is 0 Å². The highest BCUT2D eigenvalue weighted by atomic mass is 16.6. The number of rotatable bonds is 4. The van der Waals surface area contributed by atoms with Crippen LogP contribution in [0.4, 0.5) is 5.69 Å². The largest absolute Gasteiger partial charge is 0.392 e. The van der Waals surface area contributed by atoms with E-state index in [1.807, 2.05) is 0 Å². The summed E-state index contributed by atoms with van der Waals surface area (Å²) in [6.45, 7) is 0.361. The molecular formula is C13H18N2O3. The van der Waals surface area contributed by atoms with E-state index in [0.29, 0.717) is 18.5 Å². The van der Waals surface area contributed by atoms with E-state index in [0.717, 1.165) is 19.3 Å². The first-order valence-corrected chi connectivity index (χ1v) is 6.19. The first-order chi connectivity index (χ1) is 8.59. The molecule has 0 amide bonds. The fraction of sp³-hybridized carbons (Fsp3) is 0.538. The fourth-order valence-corrected chi connectivity index (χ4v) is 2.85. The molecule has 5 heteroatoms. The molecule has 0 spiro atoms. The van der Waals surface area contributed by atoms with Crippen LogP contribution >= 0.6 is 0 Å². The molecule has 1 aliphatic rings. The zero-order valence-electron chi connectivity index (χ0n) is 10.2. The number of nitro groups is 1. The van der Waals surface area contributed by atoms with Gasteiger partial charge in [0.15, 0.2) is 0 Å². The van der Waals surface area contributed by atoms with Crippen molar-refractivity contribution in [3.05, 3.63) is 39.9 Å². The van der Waals surface area contributed by atoms with Crippen LogP contribution in [-0.2, 0) is 6.42 Å². The molecule has 0 bridgehead atoms. The molecule has 1 aromatic rings. The highest BCUT2D eigenvalue weighted by Gasteiger charge is 2.41. The van der Waals surface area contributed by atoms with E-state index in [-0.39, 0.29) is 10.6 Å². The van der Waals surface area contributed by atoms with Crippen molar-refractivity contribution in [2.45, 2.75) is 31.8 Å². The van der Waals surface area contributed by atoms with Gasteiger partial charge in [-0.15, -0.1) is 0 Å². The second-order valence-corrected chi connectivity index (χ2v) is 5.04. The molecule has 1 fully saturated rings. The summed E-state index contributed by atoms with van der Waals surface area (Å²) in [6.07, 6.45) is 2.51. The van der Waals surface area contributed by atoms with Gasteiger partial charge in [0, 0.05) is 23.6 Å². The normalized spacial score (nSPS) is 27.3. The van der Waals surface area contributed by atoms with Crippen LogP contribution in [0.1, 0.15) is 24.8 Å². The molecule has 2 atom stereocenters. The predicted octanol–water partition coefficient (Wildman–Crippen LogP) is 1.63. The number of hydrogen-bond acceptors (Lipinski definition) is 4. The van der Waals surface area contributed by atoms with E-state index in [4.69, 9.17) is 5.73 Å². The zero-order chi connectivity index (χ0) is 13.2. The molecule has 1 saturated carbocycles. The highest BCUT2D eigenvalue weighted by Crippen LogP contribution is 2.41. The van der Waals surface area contributed by atoms with Gasteiger partial charge in [0.05, 0.1) is 11.0 Å². The number of aliphatic hydroxyl groups excluding tert-OH is 1. The van der Waals surface area contributed by atoms with Crippen LogP contribution in [-0.4, -0.2) is 22.7 Å². The van der Waals surface area contributed by atoms with Gasteiger partial charge in [0.2, 0.25) is 0 Å². The lowest BCUT2D eigenvalue weighted by Crippen LogP contribution is -2.39. The van der Waals surface area contributed by atoms with Crippen LogP contribution in [0.2, 0.25) is 0 Å². The standard InChI is InChI=1S/C13H18N2O3/c14-9-13(7-3-6-12(13)16)8-10-4-1-2-5-11(10)15(17)18/h1-2,4-5,12,16H,3,6-9,14H2. The second kappa shape index (κ2) is 5.04. The van der Waals surface area contributed by atoms with Gasteiger partial charge in [-0.3, -0.25) is 10.1 Å². The van der Waals surface area contributed by atoms with Crippen LogP contribution in [0.25, 0.3) is 0 Å². The van der Waals surface area contributed by atoms with Crippen molar-refractivity contribution in [3.8, 4) is 0 Å². The Balaban J connectivity index is 2.30. The van der Waals surface area contributed by atoms with E-state index < -0.39 is 11.5 Å². The Morgan fingerprint density at radius 3 is 2.78 bits per heavy atom. The summed E-state index contributed by atoms with van der Waals surface area (Å²) in [6, 6.07) is 6.69. The molecule has 5 nitrogen and oxygen atoms in total. The van der Waals surface area contributed by atoms with Gasteiger partial charge in [-0.2, -0.15) is 0 Å². The average Bonchev–Trinajstić information content (AvgIpc) is 2.72. The minimum Gasteiger partial charge on any atom is -0.392 e. The van der Waals surface area contributed by atoms with Gasteiger partial charge < -0.3 is 10.8 Å². The molecule has 0 aromatic heterocycles. The molecule has 0 saturated heterocycles. The van der Waals surface area contributed by atoms with Gasteiger partial charge >= 0.3 is 0 Å². The van der Waals surface area contributed by atoms with Crippen molar-refractivity contribution >= 4 is 5.69 Å². The number of para-hydroxylation sites is 1. The monoisotopic (exact) mass is 250 g/mol. The second-order valence-electron chi connectivity index (χ2n) is 5.04. The number of benzene rings is 1. The van der Waals surface area contributed by atoms with Crippen LogP contribution < -0.4 is 5.73 Å². The van der Waals surface area contributed by atoms with Crippen LogP contribution in [0, 0.1) is 15.5 Å². The van der Waals surface area contributed by atoms with E-state index in [9.17, 15) is 15.2 Å². The Morgan fingerprint density at radius 1 is 1.50 bits per heavy atom. The summed E-state index contributed by atoms with van der Waals surface area (Å²) in [7, 11) is 0. The number of nitro benzene ring substituents is 1. The Morgan fingerprint density at radius 2 is 2.22 bits per heavy atom. The third-order valence-electron chi connectivity index (χ3n) is 4.00. The molecule has 3 N–H and O–H groups in total. The molecular weight excluding hydrogens is 232 g/mol. The maximum Gasteiger partial charge on any atom is 0.272 e. The molecule has 1 aliphatic carbocycles. The van der Waals surface area contributed by atoms with E-state index in [1.54, 1.807) is 18.2 Å². The summed E-state index contributed by atoms with van der Waals surface area (Å²) >= 11 is 0. The van der Waals surface area contributed by atoms with Crippen molar-refractivity contribution in [2.24, 2.45) is 11.1 Å². The SMILES string of the molecule is NCC1(Cc2ccccc2[N+](=O)[O-])CCCC1O. The zero-order valence-corrected chi connectivity index (χ0v) is 10.2. The highest BCUT2D eigenvalue weighted by molar-refractivity contribution is 5.40. The van der Waals surface area contributed by atoms with Gasteiger partial charge in [-0.05, 0) is 19.3 Å². The molecule has 0 heterocycles. The molecule has 2 rings (SSSR count). The van der Waals surface area contributed by atoms with E-state index in [2.05, 4.69) is 0 Å². The third kappa shape index (κ3) is 2.23. The maximum atomic E-state index is 11.0. The first-order valence-electron chi connectivity index (χ1n) is 6.19. The van der Waals surface area contributed by atoms with Crippen molar-refractivity contribution in [3.63, 3.8) is 0 Å². The summed E-state index contributed by atoms with van der Waals surface area (Å²) in [5.74, 6) is 0. The van der Waals surface area contributed by atoms with Crippen molar-refractivity contribution < 1.29 is 10.0 Å². The van der Waals surface area contributed by atoms with Crippen LogP contribution in [0.5, 0.6) is 0 Å². The summed E-state index contributed by atoms with van der Waals surface area (Å²) in [5, 5.41) is 21.1. The molecule has 2 unspecified atom stereocenters. The Bertz CT molecular complexity index is 450. The molecule has 98 valence electrons. The topological polar surface area (TPSA) is 89.4 Å². The fourth-order valence-electron chi connectivity index (χ4n) is 2.85. The van der Waals surface area contributed by atoms with Gasteiger partial charge in [-0.25, -0.2) is 0 Å². The molecule has 0 aliphatic heterocycles. The Kier molecular flexibility index (Phi) is 3.63. The lowest BCUT2D eigenvalue weighted by molar-refractivity contribution is -0.385. The Hall–Kier alpha value is -1.46. The van der Waals surface area contributed by atoms with Gasteiger partial charge in [-0.1, -0.05) is 24.6 Å². The lowest BCUT2D eigenvalue weighted by Gasteiger charge is -2.31. The van der Waals surface area contributed by atoms with Crippen LogP contribution in [0.15, 0.2) is 24.3 Å². The quantitative estimate of drug-likeness (QED) is 0.627. The third-order valence-corrected chi connectivity index (χ3v) is 4.00. The number of nitrogens with two attached hydrogens (primary N) is 1. The molecule has 18 heavy (non-hydrogen) atoms. The number of aliphatic hydroxyl groups is 1. The van der Waals surface area contributed by atoms with E-state index >= 15 is 0 Å². The summed E-state index contributed by atoms with van der Waals surface area (Å²) in [5.41, 5.74) is 6.18. The Labute approximate surface area is 106 Å². The first kappa shape index (κ1) is 13.0. The lowest BCUT2D eigenvalue weighted by atomic mass is 9.78. The predicted molar refractivity (Wildman–Crippen MR) is 68.1 cm³/mol. The minimum atomic E-state index is -0.456. The van der Waals surface area contributed by atoms with Gasteiger partial charge in [0.25, 0.3) is 5.69 Å². The average molecular weight is 250 g/mol. The number of hydrogen-bond donors (Lipinski definition) is 2. The molecule has 0 radical (unpaired) electrons. The van der Waals surface area contributed by atoms with Gasteiger partial charge in [0.1, 0.15) is 0 Å². The van der Waals surface area contributed by atoms with Crippen LogP contribution in [0.3, 0.4) is 0 Å². The minimum absolute atomic E-state index is 0.115. The smallest absolute Gasteiger partial charge is 0.272 e. The summed E-state index contributed by atoms with van der Waals surface area (Å²) < 4.78 is 0. The number of nitrogens with zero attached hydrogens (tertiary/aromatic N) is 1. The maximum absolute atomic E-state index is 11.0. The van der Waals surface area contributed by atoms with Crippen molar-refractivity contribution in [1.82, 2.24) is 0 Å². The molecule has 1 aromatic carbocycles. The van der Waals surface area contributed by atoms with Crippen molar-refractivity contribution in [2.75, 3.05) is 6.54 Å².